The summed E-state index contributed by atoms with van der Waals surface area (Å²) in [6, 6.07) is 22.0. The molecule has 0 heterocycles. The van der Waals surface area contributed by atoms with Gasteiger partial charge in [0, 0.05) is 0 Å². The second-order valence-corrected chi connectivity index (χ2v) is 38.3. The van der Waals surface area contributed by atoms with Gasteiger partial charge >= 0.3 is 173 Å². The molecule has 4 rings (SSSR count). The van der Waals surface area contributed by atoms with Crippen LogP contribution in [-0.4, -0.2) is 6.88 Å². The fourth-order valence-corrected chi connectivity index (χ4v) is 19.0. The summed E-state index contributed by atoms with van der Waals surface area (Å²) in [5.41, 5.74) is 8.80. The zero-order valence-corrected chi connectivity index (χ0v) is 23.9. The molecule has 0 amide bonds. The van der Waals surface area contributed by atoms with Crippen LogP contribution in [0.3, 0.4) is 0 Å². The van der Waals surface area contributed by atoms with Gasteiger partial charge in [-0.3, -0.25) is 0 Å². The third-order valence-corrected chi connectivity index (χ3v) is 23.2. The quantitative estimate of drug-likeness (QED) is 0.353. The molecule has 0 nitrogen and oxygen atoms in total. The van der Waals surface area contributed by atoms with Crippen LogP contribution in [0.15, 0.2) is 90.5 Å². The summed E-state index contributed by atoms with van der Waals surface area (Å²) in [6.45, 7) is 6.98. The topological polar surface area (TPSA) is 0 Å². The Bertz CT molecular complexity index is 1040. The van der Waals surface area contributed by atoms with Crippen LogP contribution >= 0.6 is 24.8 Å². The molecule has 0 spiro atoms. The first kappa shape index (κ1) is 25.3. The van der Waals surface area contributed by atoms with Crippen molar-refractivity contribution in [1.82, 2.24) is 0 Å². The number of hydrogen-bond donors (Lipinski definition) is 0. The van der Waals surface area contributed by atoms with Gasteiger partial charge in [0.2, 0.25) is 0 Å². The maximum Gasteiger partial charge on any atom is -0.147 e. The van der Waals surface area contributed by atoms with Gasteiger partial charge in [0.1, 0.15) is 0 Å². The Morgan fingerprint density at radius 3 is 1.30 bits per heavy atom. The molecule has 2 aromatic rings. The molecule has 0 saturated carbocycles. The summed E-state index contributed by atoms with van der Waals surface area (Å²) < 4.78 is 8.84. The van der Waals surface area contributed by atoms with E-state index in [1.165, 1.54) is 33.4 Å². The first-order valence-electron chi connectivity index (χ1n) is 10.2. The van der Waals surface area contributed by atoms with Gasteiger partial charge in [-0.25, -0.2) is 0 Å². The van der Waals surface area contributed by atoms with Gasteiger partial charge < -0.3 is 0 Å². The maximum atomic E-state index is 2.66. The van der Waals surface area contributed by atoms with E-state index in [-0.39, 0.29) is 24.8 Å². The van der Waals surface area contributed by atoms with Crippen LogP contribution in [0.4, 0.5) is 0 Å². The molecule has 30 heavy (non-hydrogen) atoms. The van der Waals surface area contributed by atoms with Crippen molar-refractivity contribution >= 4 is 42.8 Å². The predicted octanol–water partition coefficient (Wildman–Crippen LogP) is 7.69. The van der Waals surface area contributed by atoms with Gasteiger partial charge in [0.25, 0.3) is 0 Å². The normalized spacial score (nSPS) is 16.7. The van der Waals surface area contributed by atoms with E-state index in [0.29, 0.717) is 0 Å². The molecule has 0 unspecified atom stereocenters. The van der Waals surface area contributed by atoms with Crippen molar-refractivity contribution in [2.24, 2.45) is 0 Å². The van der Waals surface area contributed by atoms with Crippen LogP contribution in [0.1, 0.15) is 37.8 Å². The molecule has 2 aliphatic rings. The summed E-state index contributed by atoms with van der Waals surface area (Å²) in [6.07, 6.45) is 7.21. The van der Waals surface area contributed by atoms with Gasteiger partial charge in [0.15, 0.2) is 0 Å². The van der Waals surface area contributed by atoms with Crippen molar-refractivity contribution in [3.8, 4) is 0 Å². The molecule has 0 aromatic heterocycles. The monoisotopic (exact) mass is 532 g/mol. The van der Waals surface area contributed by atoms with Crippen LogP contribution in [-0.2, 0) is 17.4 Å². The minimum Gasteiger partial charge on any atom is -0.147 e. The number of halogens is 2. The summed E-state index contributed by atoms with van der Waals surface area (Å²) in [4.78, 5) is 0. The summed E-state index contributed by atoms with van der Waals surface area (Å²) >= 11 is -3.32. The fourth-order valence-electron chi connectivity index (χ4n) is 4.88. The van der Waals surface area contributed by atoms with E-state index in [1.54, 1.807) is 6.56 Å². The minimum absolute atomic E-state index is 0. The van der Waals surface area contributed by atoms with Gasteiger partial charge in [-0.15, -0.1) is 24.8 Å². The molecule has 2 aliphatic carbocycles. The molecule has 0 radical (unpaired) electrons. The van der Waals surface area contributed by atoms with Crippen molar-refractivity contribution in [3.05, 3.63) is 102 Å². The van der Waals surface area contributed by atoms with Gasteiger partial charge in [-0.2, -0.15) is 0 Å². The van der Waals surface area contributed by atoms with Crippen molar-refractivity contribution < 1.29 is 17.4 Å². The standard InChI is InChI=1S/2C12H11.2CH3.2ClH.H2Si.Zr/c2*1-10-7-8-12(9-10)11-5-3-2-4-6-11;;;;;;/h2*2-6,9H,7H2,1H3;2*1H3;2*1H;1H2;. The Kier molecular flexibility index (Phi) is 7.85. The zero-order valence-electron chi connectivity index (χ0n) is 18.4. The average Bonchev–Trinajstić information content (AvgIpc) is 3.27. The van der Waals surface area contributed by atoms with E-state index in [9.17, 15) is 0 Å². The van der Waals surface area contributed by atoms with E-state index in [4.69, 9.17) is 0 Å². The first-order valence-corrected chi connectivity index (χ1v) is 23.5. The molecule has 0 fully saturated rings. The molecule has 0 bridgehead atoms. The summed E-state index contributed by atoms with van der Waals surface area (Å²) in [5, 5.41) is 0. The van der Waals surface area contributed by atoms with Crippen LogP contribution < -0.4 is 0 Å². The Morgan fingerprint density at radius 1 is 0.633 bits per heavy atom. The smallest absolute Gasteiger partial charge is 0.147 e. The van der Waals surface area contributed by atoms with Crippen molar-refractivity contribution in [1.29, 1.82) is 0 Å². The van der Waals surface area contributed by atoms with Crippen molar-refractivity contribution in [2.45, 2.75) is 36.0 Å². The third kappa shape index (κ3) is 4.63. The van der Waals surface area contributed by atoms with E-state index in [1.807, 2.05) is 0 Å². The summed E-state index contributed by atoms with van der Waals surface area (Å²) in [7, 11) is 0. The Morgan fingerprint density at radius 2 is 0.967 bits per heavy atom. The second kappa shape index (κ2) is 9.29. The minimum atomic E-state index is -3.32. The van der Waals surface area contributed by atoms with Crippen LogP contribution in [0.5, 0.6) is 0 Å². The van der Waals surface area contributed by atoms with Crippen LogP contribution in [0.2, 0.25) is 9.26 Å². The predicted molar refractivity (Wildman–Crippen MR) is 138 cm³/mol. The number of benzene rings is 2. The molecule has 2 aromatic carbocycles. The number of rotatable bonds is 4. The molecule has 0 aliphatic heterocycles. The van der Waals surface area contributed by atoms with Gasteiger partial charge in [-0.05, 0) is 0 Å². The molecule has 0 N–H and O–H groups in total. The van der Waals surface area contributed by atoms with E-state index in [0.717, 1.165) is 12.8 Å². The molecule has 158 valence electrons. The molecule has 0 atom stereocenters. The van der Waals surface area contributed by atoms with Crippen molar-refractivity contribution in [2.75, 3.05) is 0 Å². The van der Waals surface area contributed by atoms with E-state index < -0.39 is 17.4 Å². The van der Waals surface area contributed by atoms with Gasteiger partial charge in [0.05, 0.1) is 0 Å². The fraction of sp³-hybridized carbons (Fsp3) is 0.231. The maximum absolute atomic E-state index is 3.32. The van der Waals surface area contributed by atoms with Crippen LogP contribution in [0, 0.1) is 0 Å². The average molecular weight is 535 g/mol. The zero-order chi connectivity index (χ0) is 20.0. The SMILES string of the molecule is CC1=CC(c2ccccc2)=[C]([Zr]([CH3])([CH3])(=[SiH2])[C]2=C(c3ccccc3)C=C(C)C2)C1.Cl.Cl. The Hall–Kier alpha value is -0.920. The first-order chi connectivity index (χ1) is 13.2. The Labute approximate surface area is 196 Å². The number of hydrogen-bond acceptors (Lipinski definition) is 0. The molecular formula is C26H32Cl2SiZr. The van der Waals surface area contributed by atoms with E-state index in [2.05, 4.69) is 103 Å². The second-order valence-electron chi connectivity index (χ2n) is 9.54. The van der Waals surface area contributed by atoms with Crippen molar-refractivity contribution in [3.63, 3.8) is 0 Å². The Balaban J connectivity index is 0.00000160. The third-order valence-electron chi connectivity index (χ3n) is 6.45. The largest absolute Gasteiger partial charge is 0.147 e. The molecule has 4 heteroatoms. The summed E-state index contributed by atoms with van der Waals surface area (Å²) in [5.74, 6) is 0. The van der Waals surface area contributed by atoms with Crippen LogP contribution in [0.25, 0.3) is 11.1 Å². The van der Waals surface area contributed by atoms with Gasteiger partial charge in [-0.1, -0.05) is 0 Å². The number of allylic oxidation sites excluding steroid dienone is 8. The molecule has 0 saturated heterocycles. The van der Waals surface area contributed by atoms with E-state index >= 15 is 0 Å². The molecular weight excluding hydrogens is 503 g/mol.